The summed E-state index contributed by atoms with van der Waals surface area (Å²) in [5.74, 6) is -0.811. The number of rotatable bonds is 7. The second kappa shape index (κ2) is 8.94. The summed E-state index contributed by atoms with van der Waals surface area (Å²) in [5.41, 5.74) is 2.57. The Morgan fingerprint density at radius 1 is 1.19 bits per heavy atom. The van der Waals surface area contributed by atoms with Crippen molar-refractivity contribution in [3.63, 3.8) is 0 Å². The van der Waals surface area contributed by atoms with Crippen molar-refractivity contribution in [1.29, 1.82) is 0 Å². The number of esters is 1. The quantitative estimate of drug-likeness (QED) is 0.610. The van der Waals surface area contributed by atoms with Crippen molar-refractivity contribution in [3.05, 3.63) is 54.1 Å². The van der Waals surface area contributed by atoms with Gasteiger partial charge in [-0.15, -0.1) is 0 Å². The standard InChI is InChI=1S/C19H22N4O3/c24-18(21-11-10-15-4-2-1-3-5-15)12-26-19(25)16-6-8-17(9-7-16)23-14-20-13-22-23/h4,6-9,13-14H,1-3,5,10-12H2,(H,21,24). The fourth-order valence-electron chi connectivity index (χ4n) is 2.85. The second-order valence-electron chi connectivity index (χ2n) is 6.17. The van der Waals surface area contributed by atoms with Gasteiger partial charge in [0.1, 0.15) is 12.7 Å². The monoisotopic (exact) mass is 354 g/mol. The highest BCUT2D eigenvalue weighted by molar-refractivity contribution is 5.91. The zero-order chi connectivity index (χ0) is 18.2. The first-order valence-electron chi connectivity index (χ1n) is 8.79. The molecule has 1 aromatic heterocycles. The van der Waals surface area contributed by atoms with Crippen LogP contribution in [0, 0.1) is 0 Å². The van der Waals surface area contributed by atoms with E-state index in [1.54, 1.807) is 35.3 Å². The predicted molar refractivity (Wildman–Crippen MR) is 95.8 cm³/mol. The molecule has 1 N–H and O–H groups in total. The van der Waals surface area contributed by atoms with Crippen LogP contribution in [0.5, 0.6) is 0 Å². The van der Waals surface area contributed by atoms with Crippen molar-refractivity contribution in [3.8, 4) is 5.69 Å². The first kappa shape index (κ1) is 17.8. The first-order valence-corrected chi connectivity index (χ1v) is 8.79. The zero-order valence-electron chi connectivity index (χ0n) is 14.6. The predicted octanol–water partition coefficient (Wildman–Crippen LogP) is 2.43. The maximum atomic E-state index is 12.0. The van der Waals surface area contributed by atoms with E-state index in [0.717, 1.165) is 24.9 Å². The maximum Gasteiger partial charge on any atom is 0.338 e. The molecule has 26 heavy (non-hydrogen) atoms. The van der Waals surface area contributed by atoms with Gasteiger partial charge in [-0.25, -0.2) is 14.5 Å². The van der Waals surface area contributed by atoms with E-state index in [1.807, 2.05) is 0 Å². The van der Waals surface area contributed by atoms with Gasteiger partial charge in [0.15, 0.2) is 6.61 Å². The number of amides is 1. The molecule has 0 spiro atoms. The molecule has 0 unspecified atom stereocenters. The lowest BCUT2D eigenvalue weighted by Gasteiger charge is -2.13. The van der Waals surface area contributed by atoms with Gasteiger partial charge >= 0.3 is 5.97 Å². The van der Waals surface area contributed by atoms with Crippen LogP contribution in [0.15, 0.2) is 48.6 Å². The molecule has 1 amide bonds. The number of nitrogens with one attached hydrogen (secondary N) is 1. The van der Waals surface area contributed by atoms with E-state index >= 15 is 0 Å². The smallest absolute Gasteiger partial charge is 0.338 e. The molecule has 1 aliphatic carbocycles. The van der Waals surface area contributed by atoms with Gasteiger partial charge in [-0.2, -0.15) is 5.10 Å². The molecule has 1 aromatic carbocycles. The molecule has 0 saturated heterocycles. The Kier molecular flexibility index (Phi) is 6.14. The number of carbonyl (C=O) groups excluding carboxylic acids is 2. The number of allylic oxidation sites excluding steroid dienone is 1. The Morgan fingerprint density at radius 2 is 2.04 bits per heavy atom. The van der Waals surface area contributed by atoms with Crippen LogP contribution < -0.4 is 5.32 Å². The van der Waals surface area contributed by atoms with Crippen LogP contribution in [0.4, 0.5) is 0 Å². The Bertz CT molecular complexity index is 767. The average molecular weight is 354 g/mol. The summed E-state index contributed by atoms with van der Waals surface area (Å²) < 4.78 is 6.65. The number of hydrogen-bond donors (Lipinski definition) is 1. The second-order valence-corrected chi connectivity index (χ2v) is 6.17. The SMILES string of the molecule is O=C(COC(=O)c1ccc(-n2cncn2)cc1)NCCC1=CCCCC1. The first-order chi connectivity index (χ1) is 12.7. The summed E-state index contributed by atoms with van der Waals surface area (Å²) in [7, 11) is 0. The average Bonchev–Trinajstić information content (AvgIpc) is 3.22. The highest BCUT2D eigenvalue weighted by atomic mass is 16.5. The van der Waals surface area contributed by atoms with Crippen LogP contribution in [-0.4, -0.2) is 39.8 Å². The Hall–Kier alpha value is -2.96. The number of benzene rings is 1. The fraction of sp³-hybridized carbons (Fsp3) is 0.368. The van der Waals surface area contributed by atoms with Crippen molar-refractivity contribution < 1.29 is 14.3 Å². The summed E-state index contributed by atoms with van der Waals surface area (Å²) in [5, 5.41) is 6.80. The van der Waals surface area contributed by atoms with Gasteiger partial charge in [-0.1, -0.05) is 11.6 Å². The molecule has 7 heteroatoms. The Labute approximate surface area is 152 Å². The molecule has 0 radical (unpaired) electrons. The van der Waals surface area contributed by atoms with E-state index in [4.69, 9.17) is 4.74 Å². The van der Waals surface area contributed by atoms with Crippen molar-refractivity contribution in [2.75, 3.05) is 13.2 Å². The summed E-state index contributed by atoms with van der Waals surface area (Å²) in [6, 6.07) is 6.74. The number of ether oxygens (including phenoxy) is 1. The summed E-state index contributed by atoms with van der Waals surface area (Å²) >= 11 is 0. The molecule has 7 nitrogen and oxygen atoms in total. The number of carbonyl (C=O) groups is 2. The maximum absolute atomic E-state index is 12.0. The van der Waals surface area contributed by atoms with Crippen LogP contribution in [0.25, 0.3) is 5.69 Å². The minimum atomic E-state index is -0.528. The molecular formula is C19H22N4O3. The van der Waals surface area contributed by atoms with Gasteiger partial charge in [0.25, 0.3) is 5.91 Å². The van der Waals surface area contributed by atoms with Crippen LogP contribution in [0.2, 0.25) is 0 Å². The highest BCUT2D eigenvalue weighted by Crippen LogP contribution is 2.19. The number of aromatic nitrogens is 3. The third-order valence-corrected chi connectivity index (χ3v) is 4.27. The van der Waals surface area contributed by atoms with Crippen LogP contribution in [0.3, 0.4) is 0 Å². The van der Waals surface area contributed by atoms with Gasteiger partial charge in [-0.05, 0) is 56.4 Å². The van der Waals surface area contributed by atoms with Crippen LogP contribution >= 0.6 is 0 Å². The van der Waals surface area contributed by atoms with Crippen molar-refractivity contribution >= 4 is 11.9 Å². The van der Waals surface area contributed by atoms with Gasteiger partial charge in [0, 0.05) is 6.54 Å². The van der Waals surface area contributed by atoms with Gasteiger partial charge in [-0.3, -0.25) is 4.79 Å². The zero-order valence-corrected chi connectivity index (χ0v) is 14.6. The van der Waals surface area contributed by atoms with Crippen LogP contribution in [-0.2, 0) is 9.53 Å². The molecule has 0 fully saturated rings. The molecule has 3 rings (SSSR count). The molecule has 0 atom stereocenters. The molecule has 1 aliphatic rings. The Morgan fingerprint density at radius 3 is 2.73 bits per heavy atom. The molecule has 136 valence electrons. The fourth-order valence-corrected chi connectivity index (χ4v) is 2.85. The summed E-state index contributed by atoms with van der Waals surface area (Å²) in [6.45, 7) is 0.303. The molecule has 2 aromatic rings. The third-order valence-electron chi connectivity index (χ3n) is 4.27. The van der Waals surface area contributed by atoms with Crippen molar-refractivity contribution in [1.82, 2.24) is 20.1 Å². The van der Waals surface area contributed by atoms with E-state index in [1.165, 1.54) is 24.7 Å². The molecule has 0 bridgehead atoms. The van der Waals surface area contributed by atoms with E-state index < -0.39 is 5.97 Å². The van der Waals surface area contributed by atoms with E-state index in [0.29, 0.717) is 12.1 Å². The van der Waals surface area contributed by atoms with Gasteiger partial charge in [0.2, 0.25) is 0 Å². The van der Waals surface area contributed by atoms with Crippen molar-refractivity contribution in [2.24, 2.45) is 0 Å². The largest absolute Gasteiger partial charge is 0.452 e. The number of nitrogens with zero attached hydrogens (tertiary/aromatic N) is 3. The van der Waals surface area contributed by atoms with E-state index in [-0.39, 0.29) is 12.5 Å². The summed E-state index contributed by atoms with van der Waals surface area (Å²) in [6.07, 6.45) is 10.9. The van der Waals surface area contributed by atoms with Crippen molar-refractivity contribution in [2.45, 2.75) is 32.1 Å². The topological polar surface area (TPSA) is 86.1 Å². The van der Waals surface area contributed by atoms with E-state index in [9.17, 15) is 9.59 Å². The minimum Gasteiger partial charge on any atom is -0.452 e. The number of hydrogen-bond acceptors (Lipinski definition) is 5. The lowest BCUT2D eigenvalue weighted by Crippen LogP contribution is -2.29. The molecule has 0 aliphatic heterocycles. The lowest BCUT2D eigenvalue weighted by atomic mass is 9.97. The van der Waals surface area contributed by atoms with Gasteiger partial charge < -0.3 is 10.1 Å². The Balaban J connectivity index is 1.40. The van der Waals surface area contributed by atoms with Crippen LogP contribution in [0.1, 0.15) is 42.5 Å². The van der Waals surface area contributed by atoms with Gasteiger partial charge in [0.05, 0.1) is 11.3 Å². The normalized spacial score (nSPS) is 13.8. The third kappa shape index (κ3) is 5.02. The summed E-state index contributed by atoms with van der Waals surface area (Å²) in [4.78, 5) is 27.7. The minimum absolute atomic E-state index is 0.275. The van der Waals surface area contributed by atoms with E-state index in [2.05, 4.69) is 21.5 Å². The highest BCUT2D eigenvalue weighted by Gasteiger charge is 2.11. The molecular weight excluding hydrogens is 332 g/mol. The lowest BCUT2D eigenvalue weighted by molar-refractivity contribution is -0.124. The molecule has 1 heterocycles. The molecule has 0 saturated carbocycles.